The third-order valence-electron chi connectivity index (χ3n) is 3.49. The summed E-state index contributed by atoms with van der Waals surface area (Å²) in [4.78, 5) is 10.6. The molecule has 1 heterocycles. The zero-order valence-corrected chi connectivity index (χ0v) is 11.9. The van der Waals surface area contributed by atoms with E-state index in [2.05, 4.69) is 5.32 Å². The first kappa shape index (κ1) is 17.5. The highest BCUT2D eigenvalue weighted by molar-refractivity contribution is 5.53. The van der Waals surface area contributed by atoms with Gasteiger partial charge in [0.15, 0.2) is 6.29 Å². The third kappa shape index (κ3) is 4.76. The summed E-state index contributed by atoms with van der Waals surface area (Å²) in [6.07, 6.45) is -3.55. The van der Waals surface area contributed by atoms with Crippen LogP contribution in [-0.4, -0.2) is 72.0 Å². The Kier molecular flexibility index (Phi) is 7.57. The average molecular weight is 291 g/mol. The Morgan fingerprint density at radius 3 is 2.60 bits per heavy atom. The summed E-state index contributed by atoms with van der Waals surface area (Å²) in [5.41, 5.74) is 0. The molecule has 0 aliphatic carbocycles. The quantitative estimate of drug-likeness (QED) is 0.323. The van der Waals surface area contributed by atoms with Gasteiger partial charge in [0.05, 0.1) is 12.7 Å². The Balaban J connectivity index is 2.23. The number of hydrogen-bond donors (Lipinski definition) is 4. The highest BCUT2D eigenvalue weighted by Gasteiger charge is 2.42. The predicted molar refractivity (Wildman–Crippen MR) is 71.0 cm³/mol. The Morgan fingerprint density at radius 1 is 1.30 bits per heavy atom. The molecule has 1 fully saturated rings. The van der Waals surface area contributed by atoms with E-state index in [1.165, 1.54) is 0 Å². The fraction of sp³-hybridized carbons (Fsp3) is 0.923. The van der Waals surface area contributed by atoms with Gasteiger partial charge < -0.3 is 34.9 Å². The van der Waals surface area contributed by atoms with Crippen molar-refractivity contribution in [2.45, 2.75) is 51.0 Å². The topological polar surface area (TPSA) is 108 Å². The zero-order chi connectivity index (χ0) is 15.1. The Labute approximate surface area is 118 Å². The Morgan fingerprint density at radius 2 is 2.00 bits per heavy atom. The van der Waals surface area contributed by atoms with E-state index >= 15 is 0 Å². The van der Waals surface area contributed by atoms with Crippen LogP contribution < -0.4 is 5.32 Å². The van der Waals surface area contributed by atoms with Crippen LogP contribution in [0.2, 0.25) is 0 Å². The molecule has 0 aromatic carbocycles. The van der Waals surface area contributed by atoms with E-state index in [-0.39, 0.29) is 12.5 Å². The average Bonchev–Trinajstić information content (AvgIpc) is 2.45. The number of rotatable bonds is 8. The molecule has 118 valence electrons. The molecule has 0 bridgehead atoms. The highest BCUT2D eigenvalue weighted by Crippen LogP contribution is 2.21. The summed E-state index contributed by atoms with van der Waals surface area (Å²) in [6.45, 7) is 4.90. The standard InChI is InChI=1S/C13H25NO6/c1-3-9(7-15)6-14-4-5-19-13-12(18)11(17)10(16)8(2)20-13/h7-14,16-18H,3-6H2,1-2H3/t8-,9?,10+,11+,12-,13+/m0/s1. The molecule has 0 spiro atoms. The van der Waals surface area contributed by atoms with Gasteiger partial charge in [-0.15, -0.1) is 0 Å². The Hall–Kier alpha value is -0.570. The predicted octanol–water partition coefficient (Wildman–Crippen LogP) is -1.35. The second-order valence-electron chi connectivity index (χ2n) is 5.06. The molecular formula is C13H25NO6. The van der Waals surface area contributed by atoms with Gasteiger partial charge in [-0.05, 0) is 13.3 Å². The molecule has 0 radical (unpaired) electrons. The lowest BCUT2D eigenvalue weighted by molar-refractivity contribution is -0.292. The molecule has 0 amide bonds. The van der Waals surface area contributed by atoms with Gasteiger partial charge in [-0.2, -0.15) is 0 Å². The molecule has 7 heteroatoms. The van der Waals surface area contributed by atoms with Crippen molar-refractivity contribution in [2.75, 3.05) is 19.7 Å². The van der Waals surface area contributed by atoms with Crippen LogP contribution >= 0.6 is 0 Å². The van der Waals surface area contributed by atoms with Crippen molar-refractivity contribution in [1.29, 1.82) is 0 Å². The molecule has 4 N–H and O–H groups in total. The van der Waals surface area contributed by atoms with Gasteiger partial charge in [-0.25, -0.2) is 0 Å². The van der Waals surface area contributed by atoms with Crippen molar-refractivity contribution >= 4 is 6.29 Å². The maximum atomic E-state index is 10.6. The van der Waals surface area contributed by atoms with E-state index in [0.717, 1.165) is 12.7 Å². The molecule has 1 aliphatic rings. The van der Waals surface area contributed by atoms with Crippen LogP contribution in [0.25, 0.3) is 0 Å². The molecule has 1 rings (SSSR count). The molecule has 1 aliphatic heterocycles. The van der Waals surface area contributed by atoms with Crippen molar-refractivity contribution in [1.82, 2.24) is 5.32 Å². The summed E-state index contributed by atoms with van der Waals surface area (Å²) in [5, 5.41) is 31.9. The minimum absolute atomic E-state index is 0.0106. The lowest BCUT2D eigenvalue weighted by atomic mass is 10.0. The van der Waals surface area contributed by atoms with Crippen molar-refractivity contribution in [3.8, 4) is 0 Å². The molecule has 7 nitrogen and oxygen atoms in total. The fourth-order valence-corrected chi connectivity index (χ4v) is 1.97. The maximum Gasteiger partial charge on any atom is 0.186 e. The number of aliphatic hydroxyl groups excluding tert-OH is 3. The highest BCUT2D eigenvalue weighted by atomic mass is 16.7. The van der Waals surface area contributed by atoms with E-state index in [0.29, 0.717) is 13.1 Å². The number of hydrogen-bond acceptors (Lipinski definition) is 7. The van der Waals surface area contributed by atoms with E-state index in [1.807, 2.05) is 6.92 Å². The number of aldehydes is 1. The number of ether oxygens (including phenoxy) is 2. The minimum Gasteiger partial charge on any atom is -0.388 e. The molecule has 1 unspecified atom stereocenters. The van der Waals surface area contributed by atoms with Gasteiger partial charge in [-0.3, -0.25) is 0 Å². The minimum atomic E-state index is -1.28. The molecule has 0 aromatic rings. The van der Waals surface area contributed by atoms with Gasteiger partial charge in [-0.1, -0.05) is 6.92 Å². The Bertz CT molecular complexity index is 290. The third-order valence-corrected chi connectivity index (χ3v) is 3.49. The molecule has 1 saturated heterocycles. The van der Waals surface area contributed by atoms with Crippen LogP contribution in [0.15, 0.2) is 0 Å². The van der Waals surface area contributed by atoms with E-state index < -0.39 is 30.7 Å². The van der Waals surface area contributed by atoms with Crippen LogP contribution in [0.4, 0.5) is 0 Å². The fourth-order valence-electron chi connectivity index (χ4n) is 1.97. The van der Waals surface area contributed by atoms with Gasteiger partial charge >= 0.3 is 0 Å². The second-order valence-corrected chi connectivity index (χ2v) is 5.06. The number of carbonyl (C=O) groups excluding carboxylic acids is 1. The van der Waals surface area contributed by atoms with Crippen molar-refractivity contribution in [3.05, 3.63) is 0 Å². The smallest absolute Gasteiger partial charge is 0.186 e. The molecule has 0 aromatic heterocycles. The first-order valence-electron chi connectivity index (χ1n) is 6.98. The van der Waals surface area contributed by atoms with Gasteiger partial charge in [0.2, 0.25) is 0 Å². The second kappa shape index (κ2) is 8.66. The number of nitrogens with one attached hydrogen (secondary N) is 1. The lowest BCUT2D eigenvalue weighted by Gasteiger charge is -2.38. The maximum absolute atomic E-state index is 10.6. The van der Waals surface area contributed by atoms with E-state index in [9.17, 15) is 20.1 Å². The van der Waals surface area contributed by atoms with Gasteiger partial charge in [0, 0.05) is 19.0 Å². The van der Waals surface area contributed by atoms with Crippen LogP contribution in [0, 0.1) is 5.92 Å². The zero-order valence-electron chi connectivity index (χ0n) is 11.9. The van der Waals surface area contributed by atoms with Gasteiger partial charge in [0.25, 0.3) is 0 Å². The first-order valence-corrected chi connectivity index (χ1v) is 6.98. The van der Waals surface area contributed by atoms with Crippen molar-refractivity contribution < 1.29 is 29.6 Å². The van der Waals surface area contributed by atoms with Crippen molar-refractivity contribution in [3.63, 3.8) is 0 Å². The summed E-state index contributed by atoms with van der Waals surface area (Å²) >= 11 is 0. The van der Waals surface area contributed by atoms with E-state index in [4.69, 9.17) is 9.47 Å². The van der Waals surface area contributed by atoms with Crippen LogP contribution in [0.3, 0.4) is 0 Å². The number of carbonyl (C=O) groups is 1. The molecule has 6 atom stereocenters. The SMILES string of the molecule is CCC(C=O)CNCCO[C@@H]1O[C@@H](C)[C@@H](O)[C@@H](O)[C@@H]1O. The molecule has 20 heavy (non-hydrogen) atoms. The van der Waals surface area contributed by atoms with Gasteiger partial charge in [0.1, 0.15) is 24.6 Å². The van der Waals surface area contributed by atoms with Crippen LogP contribution in [0.1, 0.15) is 20.3 Å². The number of aliphatic hydroxyl groups is 3. The summed E-state index contributed by atoms with van der Waals surface area (Å²) in [6, 6.07) is 0. The normalized spacial score (nSPS) is 35.8. The summed E-state index contributed by atoms with van der Waals surface area (Å²) in [7, 11) is 0. The van der Waals surface area contributed by atoms with E-state index in [1.54, 1.807) is 6.92 Å². The lowest BCUT2D eigenvalue weighted by Crippen LogP contribution is -2.57. The molecular weight excluding hydrogens is 266 g/mol. The monoisotopic (exact) mass is 291 g/mol. The summed E-state index contributed by atoms with van der Waals surface area (Å²) < 4.78 is 10.6. The van der Waals surface area contributed by atoms with Crippen molar-refractivity contribution in [2.24, 2.45) is 5.92 Å². The summed E-state index contributed by atoms with van der Waals surface area (Å²) in [5.74, 6) is -0.0106. The van der Waals surface area contributed by atoms with Crippen LogP contribution in [-0.2, 0) is 14.3 Å². The first-order chi connectivity index (χ1) is 9.51. The van der Waals surface area contributed by atoms with Crippen LogP contribution in [0.5, 0.6) is 0 Å². The molecule has 0 saturated carbocycles. The largest absolute Gasteiger partial charge is 0.388 e.